The highest BCUT2D eigenvalue weighted by atomic mass is 32.2. The molecule has 152 valence electrons. The topological polar surface area (TPSA) is 54.5 Å². The first kappa shape index (κ1) is 22.0. The van der Waals surface area contributed by atoms with E-state index in [1.807, 2.05) is 13.0 Å². The molecule has 0 aromatic carbocycles. The minimum absolute atomic E-state index is 0.00763. The average Bonchev–Trinajstić information content (AvgIpc) is 2.57. The Balaban J connectivity index is 2.14. The van der Waals surface area contributed by atoms with Crippen LogP contribution in [-0.2, 0) is 4.74 Å². The first-order valence-corrected chi connectivity index (χ1v) is 11.0. The second-order valence-electron chi connectivity index (χ2n) is 8.46. The maximum absolute atomic E-state index is 12.8. The Morgan fingerprint density at radius 1 is 1.44 bits per heavy atom. The molecule has 2 heterocycles. The molecule has 1 amide bonds. The molecule has 1 N–H and O–H groups in total. The molecule has 27 heavy (non-hydrogen) atoms. The summed E-state index contributed by atoms with van der Waals surface area (Å²) in [5.41, 5.74) is 2.01. The van der Waals surface area contributed by atoms with Crippen LogP contribution in [0.3, 0.4) is 0 Å². The summed E-state index contributed by atoms with van der Waals surface area (Å²) >= 11 is 1.64. The SMILES string of the molecule is CCSc1nc(N2CCO[C@@H](C)C2)cc(C)c1C(=O)NCCCC(C)(C)C. The monoisotopic (exact) mass is 393 g/mol. The summed E-state index contributed by atoms with van der Waals surface area (Å²) in [6, 6.07) is 2.04. The van der Waals surface area contributed by atoms with E-state index in [9.17, 15) is 4.79 Å². The van der Waals surface area contributed by atoms with E-state index in [1.54, 1.807) is 11.8 Å². The van der Waals surface area contributed by atoms with Crippen molar-refractivity contribution in [3.63, 3.8) is 0 Å². The lowest BCUT2D eigenvalue weighted by molar-refractivity contribution is 0.0529. The zero-order valence-corrected chi connectivity index (χ0v) is 18.5. The fourth-order valence-corrected chi connectivity index (χ4v) is 4.07. The Kier molecular flexibility index (Phi) is 7.98. The van der Waals surface area contributed by atoms with Gasteiger partial charge in [-0.2, -0.15) is 0 Å². The van der Waals surface area contributed by atoms with E-state index in [0.29, 0.717) is 18.6 Å². The molecule has 0 spiro atoms. The third kappa shape index (κ3) is 6.68. The quantitative estimate of drug-likeness (QED) is 0.553. The van der Waals surface area contributed by atoms with Crippen molar-refractivity contribution in [3.8, 4) is 0 Å². The maximum atomic E-state index is 12.8. The van der Waals surface area contributed by atoms with Crippen LogP contribution >= 0.6 is 11.8 Å². The number of rotatable bonds is 7. The summed E-state index contributed by atoms with van der Waals surface area (Å²) in [5.74, 6) is 1.83. The second-order valence-corrected chi connectivity index (χ2v) is 9.71. The standard InChI is InChI=1S/C21H35N3O2S/c1-7-27-20-18(19(25)22-10-8-9-21(4,5)6)15(2)13-17(23-20)24-11-12-26-16(3)14-24/h13,16H,7-12,14H2,1-6H3,(H,22,25)/t16-/m0/s1. The fraction of sp³-hybridized carbons (Fsp3) is 0.714. The molecular weight excluding hydrogens is 358 g/mol. The van der Waals surface area contributed by atoms with Crippen LogP contribution in [0.1, 0.15) is 63.4 Å². The summed E-state index contributed by atoms with van der Waals surface area (Å²) in [6.07, 6.45) is 2.28. The highest BCUT2D eigenvalue weighted by molar-refractivity contribution is 7.99. The van der Waals surface area contributed by atoms with Gasteiger partial charge in [0.05, 0.1) is 18.3 Å². The number of carbonyl (C=O) groups excluding carboxylic acids is 1. The van der Waals surface area contributed by atoms with Crippen molar-refractivity contribution in [1.82, 2.24) is 10.3 Å². The third-order valence-corrected chi connectivity index (χ3v) is 5.49. The number of nitrogens with zero attached hydrogens (tertiary/aromatic N) is 2. The maximum Gasteiger partial charge on any atom is 0.254 e. The summed E-state index contributed by atoms with van der Waals surface area (Å²) in [4.78, 5) is 19.9. The number of thioether (sulfide) groups is 1. The summed E-state index contributed by atoms with van der Waals surface area (Å²) in [7, 11) is 0. The van der Waals surface area contributed by atoms with Gasteiger partial charge < -0.3 is 15.0 Å². The molecule has 2 rings (SSSR count). The number of carbonyl (C=O) groups is 1. The molecule has 1 saturated heterocycles. The van der Waals surface area contributed by atoms with E-state index in [0.717, 1.165) is 53.7 Å². The van der Waals surface area contributed by atoms with Gasteiger partial charge in [-0.3, -0.25) is 4.79 Å². The van der Waals surface area contributed by atoms with Crippen LogP contribution in [0.15, 0.2) is 11.1 Å². The number of aryl methyl sites for hydroxylation is 1. The van der Waals surface area contributed by atoms with Gasteiger partial charge in [-0.05, 0) is 49.5 Å². The first-order chi connectivity index (χ1) is 12.7. The molecule has 0 saturated carbocycles. The molecular formula is C21H35N3O2S. The molecule has 1 atom stereocenters. The van der Waals surface area contributed by atoms with Gasteiger partial charge in [0.15, 0.2) is 0 Å². The summed E-state index contributed by atoms with van der Waals surface area (Å²) in [6.45, 7) is 16.0. The number of morpholine rings is 1. The Morgan fingerprint density at radius 2 is 2.19 bits per heavy atom. The van der Waals surface area contributed by atoms with Crippen LogP contribution < -0.4 is 10.2 Å². The number of pyridine rings is 1. The molecule has 0 radical (unpaired) electrons. The molecule has 1 aromatic rings. The molecule has 0 unspecified atom stereocenters. The molecule has 0 aliphatic carbocycles. The Labute approximate surface area is 168 Å². The van der Waals surface area contributed by atoms with Crippen molar-refractivity contribution in [2.45, 2.75) is 65.5 Å². The van der Waals surface area contributed by atoms with E-state index in [2.05, 4.69) is 44.8 Å². The van der Waals surface area contributed by atoms with Crippen molar-refractivity contribution in [2.75, 3.05) is 36.9 Å². The Hall–Kier alpha value is -1.27. The minimum atomic E-state index is -0.00763. The van der Waals surface area contributed by atoms with Gasteiger partial charge in [-0.1, -0.05) is 27.7 Å². The summed E-state index contributed by atoms with van der Waals surface area (Å²) < 4.78 is 5.64. The molecule has 1 fully saturated rings. The number of nitrogens with one attached hydrogen (secondary N) is 1. The molecule has 6 heteroatoms. The molecule has 5 nitrogen and oxygen atoms in total. The smallest absolute Gasteiger partial charge is 0.254 e. The van der Waals surface area contributed by atoms with E-state index >= 15 is 0 Å². The number of ether oxygens (including phenoxy) is 1. The number of hydrogen-bond donors (Lipinski definition) is 1. The lowest BCUT2D eigenvalue weighted by Crippen LogP contribution is -2.41. The lowest BCUT2D eigenvalue weighted by atomic mass is 9.91. The van der Waals surface area contributed by atoms with Crippen molar-refractivity contribution < 1.29 is 9.53 Å². The Bertz CT molecular complexity index is 643. The van der Waals surface area contributed by atoms with Gasteiger partial charge >= 0.3 is 0 Å². The van der Waals surface area contributed by atoms with Crippen LogP contribution in [0, 0.1) is 12.3 Å². The van der Waals surface area contributed by atoms with Gasteiger partial charge in [-0.15, -0.1) is 11.8 Å². The van der Waals surface area contributed by atoms with Gasteiger partial charge in [-0.25, -0.2) is 4.98 Å². The molecule has 1 aromatic heterocycles. The van der Waals surface area contributed by atoms with E-state index < -0.39 is 0 Å². The van der Waals surface area contributed by atoms with Gasteiger partial charge in [0.2, 0.25) is 0 Å². The van der Waals surface area contributed by atoms with Gasteiger partial charge in [0, 0.05) is 19.6 Å². The normalized spacial score (nSPS) is 17.9. The van der Waals surface area contributed by atoms with Crippen molar-refractivity contribution in [3.05, 3.63) is 17.2 Å². The number of anilines is 1. The number of amides is 1. The van der Waals surface area contributed by atoms with Gasteiger partial charge in [0.1, 0.15) is 10.8 Å². The number of aromatic nitrogens is 1. The van der Waals surface area contributed by atoms with E-state index in [-0.39, 0.29) is 12.0 Å². The van der Waals surface area contributed by atoms with Crippen molar-refractivity contribution in [1.29, 1.82) is 0 Å². The predicted octanol–water partition coefficient (Wildman–Crippen LogP) is 4.28. The zero-order valence-electron chi connectivity index (χ0n) is 17.7. The van der Waals surface area contributed by atoms with Crippen LogP contribution in [0.25, 0.3) is 0 Å². The van der Waals surface area contributed by atoms with Crippen molar-refractivity contribution >= 4 is 23.5 Å². The summed E-state index contributed by atoms with van der Waals surface area (Å²) in [5, 5.41) is 3.92. The minimum Gasteiger partial charge on any atom is -0.375 e. The third-order valence-electron chi connectivity index (χ3n) is 4.63. The molecule has 1 aliphatic rings. The largest absolute Gasteiger partial charge is 0.375 e. The van der Waals surface area contributed by atoms with Crippen LogP contribution in [0.4, 0.5) is 5.82 Å². The van der Waals surface area contributed by atoms with E-state index in [1.165, 1.54) is 0 Å². The van der Waals surface area contributed by atoms with Crippen LogP contribution in [0.5, 0.6) is 0 Å². The molecule has 1 aliphatic heterocycles. The predicted molar refractivity (Wildman–Crippen MR) is 114 cm³/mol. The van der Waals surface area contributed by atoms with Crippen molar-refractivity contribution in [2.24, 2.45) is 5.41 Å². The second kappa shape index (κ2) is 9.78. The van der Waals surface area contributed by atoms with E-state index in [4.69, 9.17) is 9.72 Å². The Morgan fingerprint density at radius 3 is 2.81 bits per heavy atom. The highest BCUT2D eigenvalue weighted by Crippen LogP contribution is 2.28. The van der Waals surface area contributed by atoms with Gasteiger partial charge in [0.25, 0.3) is 5.91 Å². The molecule has 0 bridgehead atoms. The number of hydrogen-bond acceptors (Lipinski definition) is 5. The lowest BCUT2D eigenvalue weighted by Gasteiger charge is -2.32. The average molecular weight is 394 g/mol. The van der Waals surface area contributed by atoms with Crippen LogP contribution in [-0.4, -0.2) is 49.0 Å². The van der Waals surface area contributed by atoms with Crippen LogP contribution in [0.2, 0.25) is 0 Å². The highest BCUT2D eigenvalue weighted by Gasteiger charge is 2.22. The fourth-order valence-electron chi connectivity index (χ4n) is 3.24. The zero-order chi connectivity index (χ0) is 20.0. The first-order valence-electron chi connectivity index (χ1n) is 10.0.